The third-order valence-corrected chi connectivity index (χ3v) is 7.01. The van der Waals surface area contributed by atoms with Gasteiger partial charge in [-0.2, -0.15) is 0 Å². The third kappa shape index (κ3) is 5.68. The first kappa shape index (κ1) is 26.0. The molecule has 1 amide bonds. The lowest BCUT2D eigenvalue weighted by Crippen LogP contribution is -2.42. The molecule has 2 atom stereocenters. The molecule has 2 aromatic rings. The first-order valence-corrected chi connectivity index (χ1v) is 12.9. The van der Waals surface area contributed by atoms with Gasteiger partial charge in [0.15, 0.2) is 5.78 Å². The fourth-order valence-electron chi connectivity index (χ4n) is 4.87. The van der Waals surface area contributed by atoms with Gasteiger partial charge in [-0.1, -0.05) is 45.0 Å². The molecular weight excluding hydrogens is 456 g/mol. The molecule has 2 saturated heterocycles. The van der Waals surface area contributed by atoms with Crippen molar-refractivity contribution in [3.8, 4) is 5.75 Å². The predicted octanol–water partition coefficient (Wildman–Crippen LogP) is 3.88. The maximum absolute atomic E-state index is 13.7. The van der Waals surface area contributed by atoms with Crippen LogP contribution in [0.25, 0.3) is 0 Å². The van der Waals surface area contributed by atoms with E-state index in [0.717, 1.165) is 25.1 Å². The van der Waals surface area contributed by atoms with Gasteiger partial charge < -0.3 is 14.4 Å². The molecule has 0 aliphatic carbocycles. The number of hydrogen-bond donors (Lipinski definition) is 0. The summed E-state index contributed by atoms with van der Waals surface area (Å²) >= 11 is 0. The van der Waals surface area contributed by atoms with E-state index < -0.39 is 23.7 Å². The normalized spacial score (nSPS) is 20.8. The molecule has 0 bridgehead atoms. The van der Waals surface area contributed by atoms with Crippen LogP contribution < -0.4 is 4.74 Å². The largest absolute Gasteiger partial charge is 0.494 e. The highest BCUT2D eigenvalue weighted by atomic mass is 16.5. The van der Waals surface area contributed by atoms with Crippen LogP contribution >= 0.6 is 0 Å². The van der Waals surface area contributed by atoms with Gasteiger partial charge in [-0.05, 0) is 47.7 Å². The number of likely N-dealkylation sites (tertiary alicyclic amines) is 1. The maximum atomic E-state index is 13.7. The molecule has 7 nitrogen and oxygen atoms in total. The van der Waals surface area contributed by atoms with Crippen LogP contribution in [0.2, 0.25) is 0 Å². The first-order valence-electron chi connectivity index (χ1n) is 12.9. The number of ketones is 2. The molecule has 192 valence electrons. The second-order valence-corrected chi connectivity index (χ2v) is 9.80. The zero-order valence-electron chi connectivity index (χ0n) is 21.4. The zero-order chi connectivity index (χ0) is 25.7. The van der Waals surface area contributed by atoms with Crippen molar-refractivity contribution in [1.82, 2.24) is 9.80 Å². The van der Waals surface area contributed by atoms with Crippen LogP contribution in [0.4, 0.5) is 0 Å². The summed E-state index contributed by atoms with van der Waals surface area (Å²) < 4.78 is 11.1. The number of morpholine rings is 1. The molecule has 7 heteroatoms. The average Bonchev–Trinajstić information content (AvgIpc) is 3.16. The first-order chi connectivity index (χ1) is 17.4. The Morgan fingerprint density at radius 2 is 1.67 bits per heavy atom. The topological polar surface area (TPSA) is 76.2 Å². The van der Waals surface area contributed by atoms with Gasteiger partial charge in [0.1, 0.15) is 11.7 Å². The van der Waals surface area contributed by atoms with E-state index in [0.29, 0.717) is 50.1 Å². The standard InChI is InChI=1S/C29H36N2O5/c1-4-17-36-24-11-9-23(10-12-24)27(32)25-26(22-7-5-21(6-8-22)20(2)3)31(29(34)28(25)33)14-13-30-15-18-35-19-16-30/h5-12,20,25-26H,4,13-19H2,1-3H3. The lowest BCUT2D eigenvalue weighted by Gasteiger charge is -2.32. The van der Waals surface area contributed by atoms with Crippen LogP contribution in [0.3, 0.4) is 0 Å². The van der Waals surface area contributed by atoms with Crippen molar-refractivity contribution >= 4 is 17.5 Å². The Labute approximate surface area is 213 Å². The minimum Gasteiger partial charge on any atom is -0.494 e. The molecule has 2 aromatic carbocycles. The smallest absolute Gasteiger partial charge is 0.291 e. The van der Waals surface area contributed by atoms with Crippen LogP contribution in [0.5, 0.6) is 5.75 Å². The molecule has 2 heterocycles. The van der Waals surface area contributed by atoms with Crippen LogP contribution in [0.15, 0.2) is 48.5 Å². The van der Waals surface area contributed by atoms with Gasteiger partial charge in [0.05, 0.1) is 25.9 Å². The number of carbonyl (C=O) groups excluding carboxylic acids is 3. The van der Waals surface area contributed by atoms with Crippen molar-refractivity contribution in [2.75, 3.05) is 46.0 Å². The van der Waals surface area contributed by atoms with E-state index in [-0.39, 0.29) is 5.78 Å². The minimum absolute atomic E-state index is 0.331. The van der Waals surface area contributed by atoms with E-state index in [4.69, 9.17) is 9.47 Å². The zero-order valence-corrected chi connectivity index (χ0v) is 21.4. The Morgan fingerprint density at radius 3 is 2.28 bits per heavy atom. The van der Waals surface area contributed by atoms with Crippen LogP contribution in [-0.2, 0) is 14.3 Å². The molecule has 2 aliphatic heterocycles. The van der Waals surface area contributed by atoms with Crippen LogP contribution in [-0.4, -0.2) is 73.3 Å². The van der Waals surface area contributed by atoms with Gasteiger partial charge >= 0.3 is 0 Å². The highest BCUT2D eigenvalue weighted by molar-refractivity contribution is 6.44. The summed E-state index contributed by atoms with van der Waals surface area (Å²) in [6, 6.07) is 14.2. The molecule has 2 aliphatic rings. The van der Waals surface area contributed by atoms with E-state index in [1.165, 1.54) is 5.56 Å². The van der Waals surface area contributed by atoms with Gasteiger partial charge in [0.25, 0.3) is 5.91 Å². The third-order valence-electron chi connectivity index (χ3n) is 7.01. The summed E-state index contributed by atoms with van der Waals surface area (Å²) in [7, 11) is 0. The molecule has 2 fully saturated rings. The highest BCUT2D eigenvalue weighted by Gasteiger charge is 2.51. The molecule has 0 N–H and O–H groups in total. The predicted molar refractivity (Wildman–Crippen MR) is 137 cm³/mol. The summed E-state index contributed by atoms with van der Waals surface area (Å²) in [5.74, 6) is -1.59. The molecule has 2 unspecified atom stereocenters. The van der Waals surface area contributed by atoms with Crippen molar-refractivity contribution in [2.45, 2.75) is 39.2 Å². The second kappa shape index (κ2) is 11.8. The number of nitrogens with zero attached hydrogens (tertiary/aromatic N) is 2. The second-order valence-electron chi connectivity index (χ2n) is 9.80. The van der Waals surface area contributed by atoms with Gasteiger partial charge in [0.2, 0.25) is 5.78 Å². The molecule has 36 heavy (non-hydrogen) atoms. The van der Waals surface area contributed by atoms with Gasteiger partial charge in [-0.15, -0.1) is 0 Å². The SMILES string of the molecule is CCCOc1ccc(C(=O)C2C(=O)C(=O)N(CCN3CCOCC3)C2c2ccc(C(C)C)cc2)cc1. The highest BCUT2D eigenvalue weighted by Crippen LogP contribution is 2.38. The van der Waals surface area contributed by atoms with E-state index >= 15 is 0 Å². The van der Waals surface area contributed by atoms with E-state index in [9.17, 15) is 14.4 Å². The van der Waals surface area contributed by atoms with Gasteiger partial charge in [-0.3, -0.25) is 19.3 Å². The Kier molecular flexibility index (Phi) is 8.54. The number of amides is 1. The van der Waals surface area contributed by atoms with Crippen molar-refractivity contribution < 1.29 is 23.9 Å². The molecule has 0 aromatic heterocycles. The molecule has 0 saturated carbocycles. The van der Waals surface area contributed by atoms with Crippen molar-refractivity contribution in [1.29, 1.82) is 0 Å². The number of ether oxygens (including phenoxy) is 2. The number of Topliss-reactive ketones (excluding diaryl/α,β-unsaturated/α-hetero) is 2. The number of hydrogen-bond acceptors (Lipinski definition) is 6. The van der Waals surface area contributed by atoms with Crippen LogP contribution in [0, 0.1) is 5.92 Å². The summed E-state index contributed by atoms with van der Waals surface area (Å²) in [4.78, 5) is 44.0. The monoisotopic (exact) mass is 492 g/mol. The van der Waals surface area contributed by atoms with Crippen molar-refractivity contribution in [3.05, 3.63) is 65.2 Å². The van der Waals surface area contributed by atoms with E-state index in [1.807, 2.05) is 31.2 Å². The van der Waals surface area contributed by atoms with Crippen LogP contribution in [0.1, 0.15) is 60.6 Å². The average molecular weight is 493 g/mol. The molecule has 4 rings (SSSR count). The fraction of sp³-hybridized carbons (Fsp3) is 0.483. The fourth-order valence-corrected chi connectivity index (χ4v) is 4.87. The van der Waals surface area contributed by atoms with E-state index in [1.54, 1.807) is 29.2 Å². The number of benzene rings is 2. The lowest BCUT2D eigenvalue weighted by molar-refractivity contribution is -0.141. The quantitative estimate of drug-likeness (QED) is 0.285. The summed E-state index contributed by atoms with van der Waals surface area (Å²) in [5.41, 5.74) is 2.38. The Morgan fingerprint density at radius 1 is 1.00 bits per heavy atom. The minimum atomic E-state index is -1.07. The summed E-state index contributed by atoms with van der Waals surface area (Å²) in [6.45, 7) is 10.8. The van der Waals surface area contributed by atoms with E-state index in [2.05, 4.69) is 18.7 Å². The van der Waals surface area contributed by atoms with Crippen molar-refractivity contribution in [3.63, 3.8) is 0 Å². The van der Waals surface area contributed by atoms with Gasteiger partial charge in [-0.25, -0.2) is 0 Å². The lowest BCUT2D eigenvalue weighted by atomic mass is 9.85. The molecular formula is C29H36N2O5. The Hall–Kier alpha value is -3.03. The molecule has 0 spiro atoms. The summed E-state index contributed by atoms with van der Waals surface area (Å²) in [5, 5.41) is 0. The molecule has 0 radical (unpaired) electrons. The van der Waals surface area contributed by atoms with Gasteiger partial charge in [0, 0.05) is 31.7 Å². The Balaban J connectivity index is 1.62. The maximum Gasteiger partial charge on any atom is 0.291 e. The number of carbonyl (C=O) groups is 3. The van der Waals surface area contributed by atoms with Crippen molar-refractivity contribution in [2.24, 2.45) is 5.92 Å². The Bertz CT molecular complexity index is 1060. The number of rotatable bonds is 10. The summed E-state index contributed by atoms with van der Waals surface area (Å²) in [6.07, 6.45) is 0.886.